The van der Waals surface area contributed by atoms with Gasteiger partial charge in [0, 0.05) is 25.2 Å². The third kappa shape index (κ3) is 5.56. The van der Waals surface area contributed by atoms with E-state index in [1.807, 2.05) is 0 Å². The maximum Gasteiger partial charge on any atom is 0.00924 e. The zero-order valence-corrected chi connectivity index (χ0v) is 14.8. The molecule has 2 aliphatic rings. The van der Waals surface area contributed by atoms with Crippen LogP contribution in [0, 0.1) is 5.41 Å². The van der Waals surface area contributed by atoms with Crippen molar-refractivity contribution in [1.82, 2.24) is 10.2 Å². The van der Waals surface area contributed by atoms with Gasteiger partial charge < -0.3 is 10.2 Å². The van der Waals surface area contributed by atoms with E-state index in [2.05, 4.69) is 31.1 Å². The van der Waals surface area contributed by atoms with E-state index in [-0.39, 0.29) is 0 Å². The quantitative estimate of drug-likeness (QED) is 0.721. The number of hydrogen-bond acceptors (Lipinski definition) is 2. The molecule has 0 spiro atoms. The minimum atomic E-state index is 0.545. The summed E-state index contributed by atoms with van der Waals surface area (Å²) in [6.07, 6.45) is 15.9. The Morgan fingerprint density at radius 2 is 1.52 bits per heavy atom. The van der Waals surface area contributed by atoms with Crippen molar-refractivity contribution in [3.8, 4) is 0 Å². The van der Waals surface area contributed by atoms with Crippen LogP contribution < -0.4 is 5.32 Å². The van der Waals surface area contributed by atoms with Crippen LogP contribution in [0.15, 0.2) is 0 Å². The first-order valence-electron chi connectivity index (χ1n) is 9.55. The van der Waals surface area contributed by atoms with Gasteiger partial charge in [0.1, 0.15) is 0 Å². The van der Waals surface area contributed by atoms with Crippen LogP contribution in [0.3, 0.4) is 0 Å². The van der Waals surface area contributed by atoms with Crippen molar-refractivity contribution in [2.75, 3.05) is 20.1 Å². The lowest BCUT2D eigenvalue weighted by molar-refractivity contribution is 0.0856. The monoisotopic (exact) mass is 294 g/mol. The standard InChI is InChI=1S/C19H38N2/c1-17(2)20-15-19(13-9-6-10-14-19)16-21(3)18-11-7-4-5-8-12-18/h17-18,20H,4-16H2,1-3H3. The summed E-state index contributed by atoms with van der Waals surface area (Å²) >= 11 is 0. The average molecular weight is 295 g/mol. The van der Waals surface area contributed by atoms with E-state index in [1.165, 1.54) is 83.7 Å². The molecule has 0 unspecified atom stereocenters. The summed E-state index contributed by atoms with van der Waals surface area (Å²) < 4.78 is 0. The van der Waals surface area contributed by atoms with E-state index in [0.29, 0.717) is 11.5 Å². The molecule has 0 radical (unpaired) electrons. The Kier molecular flexibility index (Phi) is 7.01. The van der Waals surface area contributed by atoms with Crippen molar-refractivity contribution in [2.24, 2.45) is 5.41 Å². The molecular formula is C19H38N2. The first kappa shape index (κ1) is 17.3. The highest BCUT2D eigenvalue weighted by atomic mass is 15.1. The van der Waals surface area contributed by atoms with Gasteiger partial charge in [0.15, 0.2) is 0 Å². The molecule has 0 bridgehead atoms. The molecule has 1 N–H and O–H groups in total. The van der Waals surface area contributed by atoms with E-state index in [9.17, 15) is 0 Å². The number of hydrogen-bond donors (Lipinski definition) is 1. The van der Waals surface area contributed by atoms with Crippen molar-refractivity contribution >= 4 is 0 Å². The van der Waals surface area contributed by atoms with Crippen LogP contribution in [-0.2, 0) is 0 Å². The van der Waals surface area contributed by atoms with Crippen LogP contribution in [0.2, 0.25) is 0 Å². The largest absolute Gasteiger partial charge is 0.314 e. The summed E-state index contributed by atoms with van der Waals surface area (Å²) in [5, 5.41) is 3.75. The SMILES string of the molecule is CC(C)NCC1(CN(C)C2CCCCCC2)CCCCC1. The van der Waals surface area contributed by atoms with E-state index >= 15 is 0 Å². The zero-order chi connectivity index (χ0) is 15.1. The van der Waals surface area contributed by atoms with Crippen LogP contribution in [0.25, 0.3) is 0 Å². The van der Waals surface area contributed by atoms with Crippen molar-refractivity contribution in [1.29, 1.82) is 0 Å². The maximum atomic E-state index is 3.75. The molecule has 2 saturated carbocycles. The summed E-state index contributed by atoms with van der Waals surface area (Å²) in [5.41, 5.74) is 0.545. The van der Waals surface area contributed by atoms with E-state index < -0.39 is 0 Å². The lowest BCUT2D eigenvalue weighted by Gasteiger charge is -2.43. The molecule has 2 nitrogen and oxygen atoms in total. The van der Waals surface area contributed by atoms with Gasteiger partial charge in [0.05, 0.1) is 0 Å². The zero-order valence-electron chi connectivity index (χ0n) is 14.8. The Hall–Kier alpha value is -0.0800. The van der Waals surface area contributed by atoms with Crippen LogP contribution in [0.4, 0.5) is 0 Å². The summed E-state index contributed by atoms with van der Waals surface area (Å²) in [5.74, 6) is 0. The Morgan fingerprint density at radius 1 is 0.952 bits per heavy atom. The molecule has 0 aromatic carbocycles. The molecule has 0 aliphatic heterocycles. The molecule has 124 valence electrons. The summed E-state index contributed by atoms with van der Waals surface area (Å²) in [7, 11) is 2.40. The van der Waals surface area contributed by atoms with Crippen molar-refractivity contribution in [3.63, 3.8) is 0 Å². The van der Waals surface area contributed by atoms with Gasteiger partial charge in [0.2, 0.25) is 0 Å². The van der Waals surface area contributed by atoms with E-state index in [1.54, 1.807) is 0 Å². The topological polar surface area (TPSA) is 15.3 Å². The molecule has 21 heavy (non-hydrogen) atoms. The Balaban J connectivity index is 1.92. The van der Waals surface area contributed by atoms with Gasteiger partial charge in [-0.05, 0) is 38.1 Å². The fourth-order valence-corrected chi connectivity index (χ4v) is 4.47. The molecule has 2 rings (SSSR count). The maximum absolute atomic E-state index is 3.75. The van der Waals surface area contributed by atoms with Crippen LogP contribution in [0.5, 0.6) is 0 Å². The molecule has 0 saturated heterocycles. The van der Waals surface area contributed by atoms with Crippen LogP contribution in [-0.4, -0.2) is 37.1 Å². The Bertz CT molecular complexity index is 273. The molecule has 0 aromatic heterocycles. The van der Waals surface area contributed by atoms with Gasteiger partial charge in [-0.15, -0.1) is 0 Å². The molecule has 2 heteroatoms. The highest BCUT2D eigenvalue weighted by Gasteiger charge is 2.34. The highest BCUT2D eigenvalue weighted by molar-refractivity contribution is 4.89. The Morgan fingerprint density at radius 3 is 2.10 bits per heavy atom. The fourth-order valence-electron chi connectivity index (χ4n) is 4.47. The van der Waals surface area contributed by atoms with Gasteiger partial charge in [-0.25, -0.2) is 0 Å². The summed E-state index contributed by atoms with van der Waals surface area (Å²) in [6.45, 7) is 7.11. The molecule has 0 amide bonds. The fraction of sp³-hybridized carbons (Fsp3) is 1.00. The molecule has 0 heterocycles. The van der Waals surface area contributed by atoms with Gasteiger partial charge >= 0.3 is 0 Å². The number of nitrogens with zero attached hydrogens (tertiary/aromatic N) is 1. The van der Waals surface area contributed by atoms with Crippen molar-refractivity contribution in [2.45, 2.75) is 96.6 Å². The predicted octanol–water partition coefficient (Wildman–Crippen LogP) is 4.59. The third-order valence-corrected chi connectivity index (χ3v) is 5.83. The van der Waals surface area contributed by atoms with Gasteiger partial charge in [-0.3, -0.25) is 0 Å². The van der Waals surface area contributed by atoms with Gasteiger partial charge in [0.25, 0.3) is 0 Å². The van der Waals surface area contributed by atoms with Crippen LogP contribution in [0.1, 0.15) is 84.5 Å². The summed E-state index contributed by atoms with van der Waals surface area (Å²) in [4.78, 5) is 2.73. The Labute approximate surface area is 133 Å². The second-order valence-electron chi connectivity index (χ2n) is 8.16. The van der Waals surface area contributed by atoms with E-state index in [4.69, 9.17) is 0 Å². The second kappa shape index (κ2) is 8.53. The number of nitrogens with one attached hydrogen (secondary N) is 1. The molecular weight excluding hydrogens is 256 g/mol. The summed E-state index contributed by atoms with van der Waals surface area (Å²) in [6, 6.07) is 1.47. The highest BCUT2D eigenvalue weighted by Crippen LogP contribution is 2.37. The van der Waals surface area contributed by atoms with Crippen molar-refractivity contribution in [3.05, 3.63) is 0 Å². The average Bonchev–Trinajstić information content (AvgIpc) is 2.75. The third-order valence-electron chi connectivity index (χ3n) is 5.83. The van der Waals surface area contributed by atoms with Crippen molar-refractivity contribution < 1.29 is 0 Å². The molecule has 2 fully saturated rings. The minimum absolute atomic E-state index is 0.545. The molecule has 2 aliphatic carbocycles. The van der Waals surface area contributed by atoms with Gasteiger partial charge in [-0.1, -0.05) is 58.8 Å². The van der Waals surface area contributed by atoms with Crippen LogP contribution >= 0.6 is 0 Å². The predicted molar refractivity (Wildman–Crippen MR) is 92.8 cm³/mol. The van der Waals surface area contributed by atoms with Gasteiger partial charge in [-0.2, -0.15) is 0 Å². The lowest BCUT2D eigenvalue weighted by Crippen LogP contribution is -2.48. The second-order valence-corrected chi connectivity index (χ2v) is 8.16. The molecule has 0 atom stereocenters. The lowest BCUT2D eigenvalue weighted by atomic mass is 9.73. The van der Waals surface area contributed by atoms with E-state index in [0.717, 1.165) is 6.04 Å². The number of rotatable bonds is 6. The minimum Gasteiger partial charge on any atom is -0.314 e. The smallest absolute Gasteiger partial charge is 0.00924 e. The molecule has 0 aromatic rings. The normalized spacial score (nSPS) is 24.4. The first-order chi connectivity index (χ1) is 10.1. The first-order valence-corrected chi connectivity index (χ1v) is 9.55.